The smallest absolute Gasteiger partial charge is 0.341 e. The molecule has 10 heteroatoms. The lowest BCUT2D eigenvalue weighted by atomic mass is 10.1. The minimum absolute atomic E-state index is 0.0209. The van der Waals surface area contributed by atoms with E-state index in [1.54, 1.807) is 9.25 Å². The molecule has 2 aliphatic rings. The Balaban J connectivity index is 1.67. The SMILES string of the molecule is COc1c(N2CCC(n3cc(C)nn3)C2)c(F)cc2c(=O)c(C(=O)O)cn(C3CC3)c12. The second kappa shape index (κ2) is 7.07. The minimum atomic E-state index is -1.32. The van der Waals surface area contributed by atoms with E-state index in [-0.39, 0.29) is 34.5 Å². The van der Waals surface area contributed by atoms with E-state index in [1.165, 1.54) is 13.3 Å². The summed E-state index contributed by atoms with van der Waals surface area (Å²) in [5.41, 5.74) is 0.468. The zero-order chi connectivity index (χ0) is 21.9. The zero-order valence-electron chi connectivity index (χ0n) is 17.2. The highest BCUT2D eigenvalue weighted by Gasteiger charge is 2.33. The number of aryl methyl sites for hydroxylation is 1. The molecule has 2 fully saturated rings. The molecular formula is C21H22FN5O4. The summed E-state index contributed by atoms with van der Waals surface area (Å²) in [6, 6.07) is 1.26. The summed E-state index contributed by atoms with van der Waals surface area (Å²) in [7, 11) is 1.44. The van der Waals surface area contributed by atoms with Crippen molar-refractivity contribution in [1.82, 2.24) is 19.6 Å². The first-order valence-electron chi connectivity index (χ1n) is 10.2. The second-order valence-corrected chi connectivity index (χ2v) is 8.18. The topological polar surface area (TPSA) is 102 Å². The number of methoxy groups -OCH3 is 1. The molecule has 0 radical (unpaired) electrons. The lowest BCUT2D eigenvalue weighted by Gasteiger charge is -2.24. The number of carboxylic acids is 1. The fourth-order valence-corrected chi connectivity index (χ4v) is 4.43. The van der Waals surface area contributed by atoms with E-state index in [9.17, 15) is 14.7 Å². The van der Waals surface area contributed by atoms with Crippen LogP contribution in [0.4, 0.5) is 10.1 Å². The van der Waals surface area contributed by atoms with Gasteiger partial charge in [0.15, 0.2) is 11.6 Å². The summed E-state index contributed by atoms with van der Waals surface area (Å²) in [5, 5.41) is 17.6. The van der Waals surface area contributed by atoms with Crippen molar-refractivity contribution in [2.45, 2.75) is 38.3 Å². The van der Waals surface area contributed by atoms with Gasteiger partial charge in [-0.1, -0.05) is 5.21 Å². The van der Waals surface area contributed by atoms with Gasteiger partial charge in [0, 0.05) is 31.5 Å². The van der Waals surface area contributed by atoms with Gasteiger partial charge in [0.05, 0.1) is 29.7 Å². The van der Waals surface area contributed by atoms with Crippen LogP contribution in [0.1, 0.15) is 47.4 Å². The van der Waals surface area contributed by atoms with Crippen LogP contribution in [-0.2, 0) is 0 Å². The lowest BCUT2D eigenvalue weighted by molar-refractivity contribution is 0.0695. The molecule has 1 atom stereocenters. The number of nitrogens with zero attached hydrogens (tertiary/aromatic N) is 5. The quantitative estimate of drug-likeness (QED) is 0.667. The average molecular weight is 427 g/mol. The summed E-state index contributed by atoms with van der Waals surface area (Å²) in [6.07, 6.45) is 5.71. The van der Waals surface area contributed by atoms with Crippen molar-refractivity contribution < 1.29 is 19.0 Å². The Bertz CT molecular complexity index is 1260. The highest BCUT2D eigenvalue weighted by molar-refractivity contribution is 5.97. The van der Waals surface area contributed by atoms with Crippen LogP contribution in [0.25, 0.3) is 10.9 Å². The van der Waals surface area contributed by atoms with E-state index in [2.05, 4.69) is 10.3 Å². The van der Waals surface area contributed by atoms with Gasteiger partial charge in [-0.15, -0.1) is 5.10 Å². The van der Waals surface area contributed by atoms with E-state index in [0.29, 0.717) is 18.6 Å². The van der Waals surface area contributed by atoms with Crippen LogP contribution in [0.3, 0.4) is 0 Å². The molecule has 0 spiro atoms. The van der Waals surface area contributed by atoms with Crippen molar-refractivity contribution in [2.75, 3.05) is 25.1 Å². The molecule has 1 aliphatic carbocycles. The molecule has 3 heterocycles. The summed E-state index contributed by atoms with van der Waals surface area (Å²) in [5.74, 6) is -1.68. The number of hydrogen-bond donors (Lipinski definition) is 1. The van der Waals surface area contributed by atoms with E-state index in [0.717, 1.165) is 31.0 Å². The Morgan fingerprint density at radius 1 is 1.26 bits per heavy atom. The van der Waals surface area contributed by atoms with Gasteiger partial charge in [-0.05, 0) is 32.3 Å². The number of anilines is 1. The molecule has 9 nitrogen and oxygen atoms in total. The summed E-state index contributed by atoms with van der Waals surface area (Å²) in [6.45, 7) is 2.97. The molecule has 5 rings (SSSR count). The number of pyridine rings is 1. The largest absolute Gasteiger partial charge is 0.492 e. The maximum atomic E-state index is 15.4. The number of halogens is 1. The molecule has 162 valence electrons. The standard InChI is InChI=1S/C21H22FN5O4/c1-11-8-27(24-23-11)13-5-6-25(9-13)18-16(22)7-14-17(20(18)31-2)26(12-3-4-12)10-15(19(14)28)21(29)30/h7-8,10,12-13H,3-6,9H2,1-2H3,(H,29,30). The van der Waals surface area contributed by atoms with Crippen molar-refractivity contribution in [3.8, 4) is 5.75 Å². The van der Waals surface area contributed by atoms with Crippen molar-refractivity contribution in [2.24, 2.45) is 0 Å². The molecule has 1 saturated heterocycles. The van der Waals surface area contributed by atoms with Gasteiger partial charge in [0.2, 0.25) is 5.43 Å². The summed E-state index contributed by atoms with van der Waals surface area (Å²) >= 11 is 0. The first-order valence-corrected chi connectivity index (χ1v) is 10.2. The number of benzene rings is 1. The number of aromatic carboxylic acids is 1. The molecule has 1 N–H and O–H groups in total. The van der Waals surface area contributed by atoms with Crippen molar-refractivity contribution >= 4 is 22.6 Å². The number of carbonyl (C=O) groups is 1. The van der Waals surface area contributed by atoms with Gasteiger partial charge in [-0.3, -0.25) is 4.79 Å². The Morgan fingerprint density at radius 3 is 2.65 bits per heavy atom. The third-order valence-electron chi connectivity index (χ3n) is 6.05. The highest BCUT2D eigenvalue weighted by atomic mass is 19.1. The Labute approximate surface area is 176 Å². The number of rotatable bonds is 5. The third-order valence-corrected chi connectivity index (χ3v) is 6.05. The van der Waals surface area contributed by atoms with E-state index in [1.807, 2.05) is 18.0 Å². The van der Waals surface area contributed by atoms with Gasteiger partial charge in [-0.2, -0.15) is 0 Å². The molecule has 0 bridgehead atoms. The Morgan fingerprint density at radius 2 is 2.03 bits per heavy atom. The molecule has 1 aromatic carbocycles. The molecule has 3 aromatic rings. The first kappa shape index (κ1) is 19.5. The predicted molar refractivity (Wildman–Crippen MR) is 111 cm³/mol. The molecule has 1 unspecified atom stereocenters. The third kappa shape index (κ3) is 3.13. The van der Waals surface area contributed by atoms with E-state index >= 15 is 4.39 Å². The van der Waals surface area contributed by atoms with E-state index < -0.39 is 17.2 Å². The normalized spacial score (nSPS) is 18.7. The van der Waals surface area contributed by atoms with Crippen LogP contribution < -0.4 is 15.1 Å². The fourth-order valence-electron chi connectivity index (χ4n) is 4.43. The molecular weight excluding hydrogens is 405 g/mol. The number of ether oxygens (including phenoxy) is 1. The van der Waals surface area contributed by atoms with Gasteiger partial charge in [0.1, 0.15) is 11.3 Å². The lowest BCUT2D eigenvalue weighted by Crippen LogP contribution is -2.24. The van der Waals surface area contributed by atoms with Crippen molar-refractivity contribution in [3.05, 3.63) is 45.8 Å². The van der Waals surface area contributed by atoms with Crippen LogP contribution >= 0.6 is 0 Å². The van der Waals surface area contributed by atoms with E-state index in [4.69, 9.17) is 4.74 Å². The summed E-state index contributed by atoms with van der Waals surface area (Å²) in [4.78, 5) is 26.3. The number of aromatic nitrogens is 4. The van der Waals surface area contributed by atoms with Crippen molar-refractivity contribution in [1.29, 1.82) is 0 Å². The Kier molecular flexibility index (Phi) is 4.45. The molecule has 1 saturated carbocycles. The maximum Gasteiger partial charge on any atom is 0.341 e. The zero-order valence-corrected chi connectivity index (χ0v) is 17.2. The molecule has 31 heavy (non-hydrogen) atoms. The minimum Gasteiger partial charge on any atom is -0.492 e. The van der Waals surface area contributed by atoms with Gasteiger partial charge in [-0.25, -0.2) is 13.9 Å². The highest BCUT2D eigenvalue weighted by Crippen LogP contribution is 2.44. The van der Waals surface area contributed by atoms with Crippen LogP contribution in [0.5, 0.6) is 5.75 Å². The van der Waals surface area contributed by atoms with Crippen LogP contribution in [0.2, 0.25) is 0 Å². The van der Waals surface area contributed by atoms with Crippen LogP contribution in [0, 0.1) is 12.7 Å². The maximum absolute atomic E-state index is 15.4. The van der Waals surface area contributed by atoms with Gasteiger partial charge in [0.25, 0.3) is 0 Å². The monoisotopic (exact) mass is 427 g/mol. The molecule has 0 amide bonds. The summed E-state index contributed by atoms with van der Waals surface area (Å²) < 4.78 is 24.6. The van der Waals surface area contributed by atoms with Gasteiger partial charge < -0.3 is 19.3 Å². The molecule has 1 aliphatic heterocycles. The van der Waals surface area contributed by atoms with Crippen LogP contribution in [-0.4, -0.2) is 50.8 Å². The number of hydrogen-bond acceptors (Lipinski definition) is 6. The van der Waals surface area contributed by atoms with Gasteiger partial charge >= 0.3 is 5.97 Å². The number of fused-ring (bicyclic) bond motifs is 1. The Hall–Kier alpha value is -3.43. The van der Waals surface area contributed by atoms with Crippen LogP contribution in [0.15, 0.2) is 23.3 Å². The fraction of sp³-hybridized carbons (Fsp3) is 0.429. The second-order valence-electron chi connectivity index (χ2n) is 8.18. The number of carboxylic acid groups (broad SMARTS) is 1. The predicted octanol–water partition coefficient (Wildman–Crippen LogP) is 2.53. The first-order chi connectivity index (χ1) is 14.9. The van der Waals surface area contributed by atoms with Crippen molar-refractivity contribution in [3.63, 3.8) is 0 Å². The molecule has 2 aromatic heterocycles. The average Bonchev–Trinajstić information content (AvgIpc) is 3.30.